The second-order valence-corrected chi connectivity index (χ2v) is 4.68. The fourth-order valence-corrected chi connectivity index (χ4v) is 1.99. The number of rotatable bonds is 4. The van der Waals surface area contributed by atoms with Crippen molar-refractivity contribution in [1.82, 2.24) is 5.32 Å². The first kappa shape index (κ1) is 14.7. The normalized spacial score (nSPS) is 11.8. The Bertz CT molecular complexity index is 441. The van der Waals surface area contributed by atoms with Crippen LogP contribution >= 0.6 is 15.9 Å². The van der Waals surface area contributed by atoms with Crippen LogP contribution in [-0.2, 0) is 9.53 Å². The zero-order valence-electron chi connectivity index (χ0n) is 10.1. The molecule has 2 N–H and O–H groups in total. The monoisotopic (exact) mass is 315 g/mol. The molecule has 0 aliphatic heterocycles. The highest BCUT2D eigenvalue weighted by molar-refractivity contribution is 9.10. The smallest absolute Gasteiger partial charge is 0.336 e. The summed E-state index contributed by atoms with van der Waals surface area (Å²) in [5, 5.41) is 11.8. The lowest BCUT2D eigenvalue weighted by molar-refractivity contribution is -0.149. The lowest BCUT2D eigenvalue weighted by Crippen LogP contribution is -2.37. The number of benzene rings is 1. The van der Waals surface area contributed by atoms with Gasteiger partial charge < -0.3 is 15.2 Å². The standard InChI is InChI=1S/C12H14BrNO4/c1-7-3-8(5-9(13)4-7)11(16)14-6-10(15)12(17)18-2/h3-5,10,15H,6H2,1-2H3,(H,14,16). The summed E-state index contributed by atoms with van der Waals surface area (Å²) < 4.78 is 5.13. The molecule has 98 valence electrons. The number of carbonyl (C=O) groups is 2. The molecule has 0 aromatic heterocycles. The van der Waals surface area contributed by atoms with Crippen molar-refractivity contribution in [2.45, 2.75) is 13.0 Å². The molecule has 0 fully saturated rings. The Morgan fingerprint density at radius 3 is 2.67 bits per heavy atom. The molecule has 1 rings (SSSR count). The summed E-state index contributed by atoms with van der Waals surface area (Å²) in [5.41, 5.74) is 1.39. The van der Waals surface area contributed by atoms with Gasteiger partial charge >= 0.3 is 5.97 Å². The molecule has 1 aromatic rings. The molecule has 5 nitrogen and oxygen atoms in total. The predicted octanol–water partition coefficient (Wildman–Crippen LogP) is 1.02. The molecule has 1 atom stereocenters. The number of esters is 1. The Balaban J connectivity index is 2.63. The summed E-state index contributed by atoms with van der Waals surface area (Å²) in [6.07, 6.45) is -1.35. The van der Waals surface area contributed by atoms with Gasteiger partial charge in [-0.15, -0.1) is 0 Å². The third-order valence-corrected chi connectivity index (χ3v) is 2.69. The van der Waals surface area contributed by atoms with Crippen molar-refractivity contribution in [1.29, 1.82) is 0 Å². The zero-order chi connectivity index (χ0) is 13.7. The van der Waals surface area contributed by atoms with Crippen LogP contribution in [0.5, 0.6) is 0 Å². The molecule has 0 heterocycles. The number of aliphatic hydroxyl groups is 1. The van der Waals surface area contributed by atoms with Gasteiger partial charge in [-0.25, -0.2) is 4.79 Å². The van der Waals surface area contributed by atoms with Gasteiger partial charge in [0.2, 0.25) is 0 Å². The minimum Gasteiger partial charge on any atom is -0.467 e. The predicted molar refractivity (Wildman–Crippen MR) is 69.2 cm³/mol. The number of halogens is 1. The van der Waals surface area contributed by atoms with Gasteiger partial charge in [0.1, 0.15) is 0 Å². The highest BCUT2D eigenvalue weighted by Gasteiger charge is 2.16. The van der Waals surface area contributed by atoms with Gasteiger partial charge in [-0.3, -0.25) is 4.79 Å². The Hall–Kier alpha value is -1.40. The molecular formula is C12H14BrNO4. The van der Waals surface area contributed by atoms with Crippen molar-refractivity contribution in [3.05, 3.63) is 33.8 Å². The average molecular weight is 316 g/mol. The van der Waals surface area contributed by atoms with Gasteiger partial charge in [0.25, 0.3) is 5.91 Å². The summed E-state index contributed by atoms with van der Waals surface area (Å²) in [4.78, 5) is 22.7. The van der Waals surface area contributed by atoms with E-state index in [-0.39, 0.29) is 12.5 Å². The van der Waals surface area contributed by atoms with Crippen LogP contribution in [0.4, 0.5) is 0 Å². The molecule has 1 amide bonds. The Kier molecular flexibility index (Phi) is 5.30. The van der Waals surface area contributed by atoms with E-state index in [1.54, 1.807) is 12.1 Å². The zero-order valence-corrected chi connectivity index (χ0v) is 11.7. The van der Waals surface area contributed by atoms with Crippen molar-refractivity contribution >= 4 is 27.8 Å². The van der Waals surface area contributed by atoms with Gasteiger partial charge in [-0.2, -0.15) is 0 Å². The fourth-order valence-electron chi connectivity index (χ4n) is 1.38. The molecule has 0 aliphatic carbocycles. The summed E-state index contributed by atoms with van der Waals surface area (Å²) in [5.74, 6) is -1.14. The second-order valence-electron chi connectivity index (χ2n) is 3.77. The summed E-state index contributed by atoms with van der Waals surface area (Å²) in [7, 11) is 1.17. The Morgan fingerprint density at radius 1 is 1.44 bits per heavy atom. The Labute approximate surface area is 113 Å². The van der Waals surface area contributed by atoms with Crippen LogP contribution in [-0.4, -0.2) is 36.7 Å². The highest BCUT2D eigenvalue weighted by Crippen LogP contribution is 2.15. The lowest BCUT2D eigenvalue weighted by atomic mass is 10.1. The van der Waals surface area contributed by atoms with E-state index in [1.807, 2.05) is 13.0 Å². The number of aryl methyl sites for hydroxylation is 1. The molecule has 0 aliphatic rings. The molecule has 0 radical (unpaired) electrons. The van der Waals surface area contributed by atoms with Crippen LogP contribution in [0.2, 0.25) is 0 Å². The summed E-state index contributed by atoms with van der Waals surface area (Å²) in [6.45, 7) is 1.68. The van der Waals surface area contributed by atoms with E-state index in [1.165, 1.54) is 7.11 Å². The number of nitrogens with one attached hydrogen (secondary N) is 1. The maximum Gasteiger partial charge on any atom is 0.336 e. The highest BCUT2D eigenvalue weighted by atomic mass is 79.9. The van der Waals surface area contributed by atoms with Gasteiger partial charge in [-0.05, 0) is 30.7 Å². The minimum atomic E-state index is -1.35. The van der Waals surface area contributed by atoms with E-state index in [0.717, 1.165) is 10.0 Å². The van der Waals surface area contributed by atoms with Crippen molar-refractivity contribution in [3.63, 3.8) is 0 Å². The van der Waals surface area contributed by atoms with Crippen molar-refractivity contribution in [2.75, 3.05) is 13.7 Å². The molecular weight excluding hydrogens is 302 g/mol. The van der Waals surface area contributed by atoms with Gasteiger partial charge in [0, 0.05) is 10.0 Å². The SMILES string of the molecule is COC(=O)C(O)CNC(=O)c1cc(C)cc(Br)c1. The summed E-state index contributed by atoms with van der Waals surface area (Å²) >= 11 is 3.29. The first-order valence-electron chi connectivity index (χ1n) is 5.25. The van der Waals surface area contributed by atoms with Crippen LogP contribution in [0.25, 0.3) is 0 Å². The fraction of sp³-hybridized carbons (Fsp3) is 0.333. The number of methoxy groups -OCH3 is 1. The number of hydrogen-bond donors (Lipinski definition) is 2. The number of ether oxygens (including phenoxy) is 1. The van der Waals surface area contributed by atoms with Crippen LogP contribution in [0.1, 0.15) is 15.9 Å². The van der Waals surface area contributed by atoms with Gasteiger partial charge in [-0.1, -0.05) is 15.9 Å². The van der Waals surface area contributed by atoms with E-state index in [9.17, 15) is 14.7 Å². The largest absolute Gasteiger partial charge is 0.467 e. The van der Waals surface area contributed by atoms with Crippen molar-refractivity contribution < 1.29 is 19.4 Å². The maximum atomic E-state index is 11.8. The third-order valence-electron chi connectivity index (χ3n) is 2.23. The maximum absolute atomic E-state index is 11.8. The van der Waals surface area contributed by atoms with Crippen LogP contribution in [0.15, 0.2) is 22.7 Å². The molecule has 0 bridgehead atoms. The Morgan fingerprint density at radius 2 is 2.11 bits per heavy atom. The molecule has 6 heteroatoms. The van der Waals surface area contributed by atoms with E-state index in [4.69, 9.17) is 0 Å². The summed E-state index contributed by atoms with van der Waals surface area (Å²) in [6, 6.07) is 5.25. The topological polar surface area (TPSA) is 75.6 Å². The molecule has 1 unspecified atom stereocenters. The average Bonchev–Trinajstić information content (AvgIpc) is 2.33. The molecule has 1 aromatic carbocycles. The van der Waals surface area contributed by atoms with Crippen LogP contribution in [0, 0.1) is 6.92 Å². The van der Waals surface area contributed by atoms with Crippen LogP contribution < -0.4 is 5.32 Å². The molecule has 0 saturated heterocycles. The van der Waals surface area contributed by atoms with Gasteiger partial charge in [0.15, 0.2) is 6.10 Å². The van der Waals surface area contributed by atoms with Gasteiger partial charge in [0.05, 0.1) is 13.7 Å². The van der Waals surface area contributed by atoms with E-state index < -0.39 is 12.1 Å². The number of carbonyl (C=O) groups excluding carboxylic acids is 2. The molecule has 0 saturated carbocycles. The number of aliphatic hydroxyl groups excluding tert-OH is 1. The number of hydrogen-bond acceptors (Lipinski definition) is 4. The van der Waals surface area contributed by atoms with Crippen molar-refractivity contribution in [2.24, 2.45) is 0 Å². The molecule has 18 heavy (non-hydrogen) atoms. The van der Waals surface area contributed by atoms with E-state index >= 15 is 0 Å². The van der Waals surface area contributed by atoms with E-state index in [0.29, 0.717) is 5.56 Å². The van der Waals surface area contributed by atoms with Crippen LogP contribution in [0.3, 0.4) is 0 Å². The second kappa shape index (κ2) is 6.51. The van der Waals surface area contributed by atoms with E-state index in [2.05, 4.69) is 26.0 Å². The third kappa shape index (κ3) is 4.12. The van der Waals surface area contributed by atoms with Crippen molar-refractivity contribution in [3.8, 4) is 0 Å². The lowest BCUT2D eigenvalue weighted by Gasteiger charge is -2.10. The molecule has 0 spiro atoms. The first-order chi connectivity index (χ1) is 8.43. The minimum absolute atomic E-state index is 0.183. The quantitative estimate of drug-likeness (QED) is 0.813. The first-order valence-corrected chi connectivity index (χ1v) is 6.04. The number of amides is 1.